The summed E-state index contributed by atoms with van der Waals surface area (Å²) in [4.78, 5) is 24.5. The number of methoxy groups -OCH3 is 1. The van der Waals surface area contributed by atoms with Gasteiger partial charge in [0.2, 0.25) is 0 Å². The average Bonchev–Trinajstić information content (AvgIpc) is 3.51. The van der Waals surface area contributed by atoms with E-state index in [-0.39, 0.29) is 11.9 Å². The first-order valence-electron chi connectivity index (χ1n) is 9.95. The van der Waals surface area contributed by atoms with Gasteiger partial charge in [-0.2, -0.15) is 0 Å². The van der Waals surface area contributed by atoms with E-state index in [0.717, 1.165) is 40.3 Å². The summed E-state index contributed by atoms with van der Waals surface area (Å²) in [6.07, 6.45) is 5.95. The molecular weight excluding hydrogens is 380 g/mol. The van der Waals surface area contributed by atoms with E-state index in [4.69, 9.17) is 14.1 Å². The molecule has 0 spiro atoms. The summed E-state index contributed by atoms with van der Waals surface area (Å²) in [6.45, 7) is 3.23. The van der Waals surface area contributed by atoms with Crippen LogP contribution in [0.4, 0.5) is 0 Å². The molecule has 7 nitrogen and oxygen atoms in total. The zero-order chi connectivity index (χ0) is 20.7. The van der Waals surface area contributed by atoms with Crippen molar-refractivity contribution in [2.75, 3.05) is 20.2 Å². The third-order valence-corrected chi connectivity index (χ3v) is 5.71. The number of benzene rings is 1. The van der Waals surface area contributed by atoms with E-state index < -0.39 is 0 Å². The Bertz CT molecular complexity index is 1210. The largest absolute Gasteiger partial charge is 0.497 e. The predicted octanol–water partition coefficient (Wildman–Crippen LogP) is 4.10. The van der Waals surface area contributed by atoms with Crippen LogP contribution in [0.5, 0.6) is 5.75 Å². The Morgan fingerprint density at radius 3 is 2.93 bits per heavy atom. The number of hydrogen-bond donors (Lipinski definition) is 0. The first kappa shape index (κ1) is 18.4. The van der Waals surface area contributed by atoms with Crippen LogP contribution in [0.1, 0.15) is 28.4 Å². The van der Waals surface area contributed by atoms with Crippen molar-refractivity contribution in [1.82, 2.24) is 19.4 Å². The third-order valence-electron chi connectivity index (χ3n) is 5.71. The molecule has 1 atom stereocenters. The molecule has 30 heavy (non-hydrogen) atoms. The van der Waals surface area contributed by atoms with Gasteiger partial charge in [0, 0.05) is 24.8 Å². The molecule has 0 bridgehead atoms. The number of pyridine rings is 1. The summed E-state index contributed by atoms with van der Waals surface area (Å²) in [6, 6.07) is 11.4. The van der Waals surface area contributed by atoms with Gasteiger partial charge < -0.3 is 18.6 Å². The Hall–Kier alpha value is -3.61. The standard InChI is InChI=1S/C23H22N4O3/c1-15-12-18(29-2)5-6-19(15)23(28)26-10-7-17(13-26)27-21(16-8-11-30-14-16)25-20-4-3-9-24-22(20)27/h3-6,8-9,11-12,14,17H,7,10,13H2,1-2H3. The molecule has 1 aliphatic heterocycles. The molecule has 152 valence electrons. The van der Waals surface area contributed by atoms with Gasteiger partial charge in [0.15, 0.2) is 5.65 Å². The number of nitrogens with zero attached hydrogens (tertiary/aromatic N) is 4. The second kappa shape index (κ2) is 7.33. The topological polar surface area (TPSA) is 73.4 Å². The highest BCUT2D eigenvalue weighted by atomic mass is 16.5. The minimum atomic E-state index is 0.0416. The first-order valence-corrected chi connectivity index (χ1v) is 9.95. The maximum Gasteiger partial charge on any atom is 0.254 e. The Labute approximate surface area is 173 Å². The fraction of sp³-hybridized carbons (Fsp3) is 0.261. The number of carbonyl (C=O) groups is 1. The molecular formula is C23H22N4O3. The summed E-state index contributed by atoms with van der Waals surface area (Å²) in [5.41, 5.74) is 4.19. The van der Waals surface area contributed by atoms with Gasteiger partial charge in [-0.15, -0.1) is 0 Å². The predicted molar refractivity (Wildman–Crippen MR) is 113 cm³/mol. The molecule has 1 unspecified atom stereocenters. The quantitative estimate of drug-likeness (QED) is 0.514. The fourth-order valence-electron chi connectivity index (χ4n) is 4.18. The molecule has 5 rings (SSSR count). The number of ether oxygens (including phenoxy) is 1. The number of furan rings is 1. The van der Waals surface area contributed by atoms with E-state index in [1.165, 1.54) is 0 Å². The maximum absolute atomic E-state index is 13.2. The van der Waals surface area contributed by atoms with Crippen LogP contribution in [0, 0.1) is 6.92 Å². The monoisotopic (exact) mass is 402 g/mol. The smallest absolute Gasteiger partial charge is 0.254 e. The van der Waals surface area contributed by atoms with Crippen molar-refractivity contribution < 1.29 is 13.9 Å². The van der Waals surface area contributed by atoms with Gasteiger partial charge in [-0.3, -0.25) is 4.79 Å². The van der Waals surface area contributed by atoms with Crippen molar-refractivity contribution in [2.45, 2.75) is 19.4 Å². The van der Waals surface area contributed by atoms with E-state index in [1.807, 2.05) is 48.2 Å². The van der Waals surface area contributed by atoms with Gasteiger partial charge in [0.05, 0.1) is 25.0 Å². The first-order chi connectivity index (χ1) is 14.7. The van der Waals surface area contributed by atoms with Crippen molar-refractivity contribution in [3.8, 4) is 17.1 Å². The van der Waals surface area contributed by atoms with E-state index in [0.29, 0.717) is 18.7 Å². The van der Waals surface area contributed by atoms with Crippen LogP contribution in [0.2, 0.25) is 0 Å². The molecule has 0 N–H and O–H groups in total. The van der Waals surface area contributed by atoms with Crippen molar-refractivity contribution >= 4 is 17.1 Å². The third kappa shape index (κ3) is 3.03. The number of amides is 1. The highest BCUT2D eigenvalue weighted by Crippen LogP contribution is 2.33. The zero-order valence-electron chi connectivity index (χ0n) is 16.9. The highest BCUT2D eigenvalue weighted by Gasteiger charge is 2.32. The number of carbonyl (C=O) groups excluding carboxylic acids is 1. The Morgan fingerprint density at radius 1 is 1.27 bits per heavy atom. The molecule has 1 aromatic carbocycles. The van der Waals surface area contributed by atoms with Crippen molar-refractivity contribution in [2.24, 2.45) is 0 Å². The molecule has 1 saturated heterocycles. The Kier molecular flexibility index (Phi) is 4.50. The molecule has 1 amide bonds. The van der Waals surface area contributed by atoms with Crippen LogP contribution in [-0.2, 0) is 0 Å². The lowest BCUT2D eigenvalue weighted by atomic mass is 10.1. The van der Waals surface area contributed by atoms with Crippen LogP contribution >= 0.6 is 0 Å². The molecule has 0 saturated carbocycles. The van der Waals surface area contributed by atoms with Gasteiger partial charge in [0.1, 0.15) is 23.4 Å². The minimum Gasteiger partial charge on any atom is -0.497 e. The molecule has 1 fully saturated rings. The highest BCUT2D eigenvalue weighted by molar-refractivity contribution is 5.96. The van der Waals surface area contributed by atoms with Crippen molar-refractivity contribution in [1.29, 1.82) is 0 Å². The lowest BCUT2D eigenvalue weighted by molar-refractivity contribution is 0.0787. The summed E-state index contributed by atoms with van der Waals surface area (Å²) >= 11 is 0. The molecule has 4 heterocycles. The zero-order valence-corrected chi connectivity index (χ0v) is 16.9. The van der Waals surface area contributed by atoms with Crippen LogP contribution < -0.4 is 4.74 Å². The Balaban J connectivity index is 1.47. The normalized spacial score (nSPS) is 16.3. The number of fused-ring (bicyclic) bond motifs is 1. The lowest BCUT2D eigenvalue weighted by Gasteiger charge is -2.19. The number of hydrogen-bond acceptors (Lipinski definition) is 5. The summed E-state index contributed by atoms with van der Waals surface area (Å²) < 4.78 is 12.7. The number of aryl methyl sites for hydroxylation is 1. The molecule has 3 aromatic heterocycles. The lowest BCUT2D eigenvalue weighted by Crippen LogP contribution is -2.29. The number of imidazole rings is 1. The molecule has 4 aromatic rings. The summed E-state index contributed by atoms with van der Waals surface area (Å²) in [5, 5.41) is 0. The summed E-state index contributed by atoms with van der Waals surface area (Å²) in [5.74, 6) is 1.61. The van der Waals surface area contributed by atoms with Crippen LogP contribution in [-0.4, -0.2) is 45.5 Å². The van der Waals surface area contributed by atoms with Gasteiger partial charge in [0.25, 0.3) is 5.91 Å². The minimum absolute atomic E-state index is 0.0416. The van der Waals surface area contributed by atoms with Gasteiger partial charge in [-0.1, -0.05) is 0 Å². The average molecular weight is 402 g/mol. The SMILES string of the molecule is COc1ccc(C(=O)N2CCC(n3c(-c4ccoc4)nc4cccnc43)C2)c(C)c1. The molecule has 7 heteroatoms. The van der Waals surface area contributed by atoms with Crippen LogP contribution in [0.25, 0.3) is 22.6 Å². The second-order valence-corrected chi connectivity index (χ2v) is 7.54. The van der Waals surface area contributed by atoms with E-state index >= 15 is 0 Å². The number of rotatable bonds is 4. The van der Waals surface area contributed by atoms with Gasteiger partial charge in [-0.25, -0.2) is 9.97 Å². The molecule has 0 radical (unpaired) electrons. The fourth-order valence-corrected chi connectivity index (χ4v) is 4.18. The van der Waals surface area contributed by atoms with Crippen LogP contribution in [0.15, 0.2) is 59.5 Å². The van der Waals surface area contributed by atoms with Crippen molar-refractivity contribution in [3.05, 3.63) is 66.2 Å². The van der Waals surface area contributed by atoms with Gasteiger partial charge >= 0.3 is 0 Å². The maximum atomic E-state index is 13.2. The van der Waals surface area contributed by atoms with Crippen LogP contribution in [0.3, 0.4) is 0 Å². The van der Waals surface area contributed by atoms with Gasteiger partial charge in [-0.05, 0) is 55.3 Å². The van der Waals surface area contributed by atoms with E-state index in [9.17, 15) is 4.79 Å². The van der Waals surface area contributed by atoms with Crippen molar-refractivity contribution in [3.63, 3.8) is 0 Å². The van der Waals surface area contributed by atoms with E-state index in [2.05, 4.69) is 9.55 Å². The second-order valence-electron chi connectivity index (χ2n) is 7.54. The number of likely N-dealkylation sites (tertiary alicyclic amines) is 1. The Morgan fingerprint density at radius 2 is 2.17 bits per heavy atom. The molecule has 0 aliphatic carbocycles. The summed E-state index contributed by atoms with van der Waals surface area (Å²) in [7, 11) is 1.63. The number of aromatic nitrogens is 3. The molecule has 1 aliphatic rings. The van der Waals surface area contributed by atoms with E-state index in [1.54, 1.807) is 25.8 Å².